The number of hydrogen-bond acceptors (Lipinski definition) is 1. The third kappa shape index (κ3) is 2.84. The molecular formula is C14H19NO. The number of hydrogen-bond donors (Lipinski definition) is 1. The molecule has 0 spiro atoms. The summed E-state index contributed by atoms with van der Waals surface area (Å²) in [5.41, 5.74) is 0.758. The quantitative estimate of drug-likeness (QED) is 0.828. The molecule has 0 radical (unpaired) electrons. The molecule has 1 aliphatic carbocycles. The maximum absolute atomic E-state index is 11.8. The van der Waals surface area contributed by atoms with Crippen molar-refractivity contribution >= 4 is 5.91 Å². The second-order valence-corrected chi connectivity index (χ2v) is 4.86. The minimum atomic E-state index is 0.0557. The monoisotopic (exact) mass is 217 g/mol. The molecule has 16 heavy (non-hydrogen) atoms. The summed E-state index contributed by atoms with van der Waals surface area (Å²) in [5, 5.41) is 3.02. The first-order valence-electron chi connectivity index (χ1n) is 6.09. The molecule has 1 aliphatic rings. The molecule has 2 heteroatoms. The van der Waals surface area contributed by atoms with Crippen LogP contribution in [0.1, 0.15) is 36.5 Å². The Morgan fingerprint density at radius 1 is 1.31 bits per heavy atom. The smallest absolute Gasteiger partial charge is 0.251 e. The van der Waals surface area contributed by atoms with Crippen molar-refractivity contribution in [2.45, 2.75) is 26.2 Å². The maximum atomic E-state index is 11.8. The summed E-state index contributed by atoms with van der Waals surface area (Å²) < 4.78 is 0. The Balaban J connectivity index is 1.80. The van der Waals surface area contributed by atoms with Gasteiger partial charge in [0.1, 0.15) is 0 Å². The van der Waals surface area contributed by atoms with E-state index in [1.54, 1.807) is 0 Å². The van der Waals surface area contributed by atoms with Gasteiger partial charge >= 0.3 is 0 Å². The maximum Gasteiger partial charge on any atom is 0.251 e. The van der Waals surface area contributed by atoms with Crippen LogP contribution in [0.3, 0.4) is 0 Å². The number of carbonyl (C=O) groups excluding carboxylic acids is 1. The third-order valence-corrected chi connectivity index (χ3v) is 3.39. The lowest BCUT2D eigenvalue weighted by Gasteiger charge is -2.11. The summed E-state index contributed by atoms with van der Waals surface area (Å²) in [6.45, 7) is 3.12. The number of carbonyl (C=O) groups is 1. The van der Waals surface area contributed by atoms with Crippen molar-refractivity contribution < 1.29 is 4.79 Å². The van der Waals surface area contributed by atoms with Crippen LogP contribution < -0.4 is 5.32 Å². The standard InChI is InChI=1S/C14H19NO/c1-11-7-8-12(9-11)10-15-14(16)13-5-3-2-4-6-13/h2-6,11-12H,7-10H2,1H3,(H,15,16). The number of nitrogens with one attached hydrogen (secondary N) is 1. The predicted molar refractivity (Wildman–Crippen MR) is 65.3 cm³/mol. The fraction of sp³-hybridized carbons (Fsp3) is 0.500. The minimum Gasteiger partial charge on any atom is -0.352 e. The van der Waals surface area contributed by atoms with E-state index >= 15 is 0 Å². The molecule has 1 aromatic rings. The van der Waals surface area contributed by atoms with E-state index in [1.165, 1.54) is 19.3 Å². The van der Waals surface area contributed by atoms with Gasteiger partial charge in [-0.15, -0.1) is 0 Å². The zero-order chi connectivity index (χ0) is 11.4. The molecule has 1 amide bonds. The predicted octanol–water partition coefficient (Wildman–Crippen LogP) is 2.85. The second kappa shape index (κ2) is 5.15. The highest BCUT2D eigenvalue weighted by Gasteiger charge is 2.21. The Morgan fingerprint density at radius 3 is 2.69 bits per heavy atom. The van der Waals surface area contributed by atoms with E-state index in [4.69, 9.17) is 0 Å². The Bertz CT molecular complexity index is 347. The molecule has 0 saturated heterocycles. The van der Waals surface area contributed by atoms with Crippen LogP contribution in [0.15, 0.2) is 30.3 Å². The Hall–Kier alpha value is -1.31. The highest BCUT2D eigenvalue weighted by atomic mass is 16.1. The SMILES string of the molecule is CC1CCC(CNC(=O)c2ccccc2)C1. The van der Waals surface area contributed by atoms with Gasteiger partial charge in [0, 0.05) is 12.1 Å². The van der Waals surface area contributed by atoms with Crippen LogP contribution in [-0.4, -0.2) is 12.5 Å². The van der Waals surface area contributed by atoms with Crippen molar-refractivity contribution in [2.75, 3.05) is 6.54 Å². The normalized spacial score (nSPS) is 24.3. The molecular weight excluding hydrogens is 198 g/mol. The summed E-state index contributed by atoms with van der Waals surface area (Å²) >= 11 is 0. The Labute approximate surface area is 97.1 Å². The van der Waals surface area contributed by atoms with Crippen LogP contribution >= 0.6 is 0 Å². The zero-order valence-electron chi connectivity index (χ0n) is 9.78. The molecule has 2 rings (SSSR count). The van der Waals surface area contributed by atoms with Gasteiger partial charge in [0.2, 0.25) is 0 Å². The molecule has 2 atom stereocenters. The van der Waals surface area contributed by atoms with Gasteiger partial charge in [-0.3, -0.25) is 4.79 Å². The summed E-state index contributed by atoms with van der Waals surface area (Å²) in [7, 11) is 0. The van der Waals surface area contributed by atoms with Crippen molar-refractivity contribution in [1.82, 2.24) is 5.32 Å². The van der Waals surface area contributed by atoms with E-state index in [1.807, 2.05) is 30.3 Å². The average molecular weight is 217 g/mol. The highest BCUT2D eigenvalue weighted by Crippen LogP contribution is 2.29. The van der Waals surface area contributed by atoms with E-state index in [-0.39, 0.29) is 5.91 Å². The number of benzene rings is 1. The molecule has 1 aromatic carbocycles. The van der Waals surface area contributed by atoms with Crippen LogP contribution in [0.5, 0.6) is 0 Å². The molecule has 0 aliphatic heterocycles. The molecule has 1 N–H and O–H groups in total. The Kier molecular flexibility index (Phi) is 3.60. The van der Waals surface area contributed by atoms with Gasteiger partial charge in [0.25, 0.3) is 5.91 Å². The molecule has 2 nitrogen and oxygen atoms in total. The first-order chi connectivity index (χ1) is 7.75. The number of rotatable bonds is 3. The summed E-state index contributed by atoms with van der Waals surface area (Å²) in [5.74, 6) is 1.57. The molecule has 0 aromatic heterocycles. The van der Waals surface area contributed by atoms with Gasteiger partial charge in [0.05, 0.1) is 0 Å². The first-order valence-corrected chi connectivity index (χ1v) is 6.09. The van der Waals surface area contributed by atoms with Crippen LogP contribution in [0, 0.1) is 11.8 Å². The van der Waals surface area contributed by atoms with Crippen molar-refractivity contribution in [1.29, 1.82) is 0 Å². The lowest BCUT2D eigenvalue weighted by molar-refractivity contribution is 0.0947. The summed E-state index contributed by atoms with van der Waals surface area (Å²) in [6, 6.07) is 9.42. The summed E-state index contributed by atoms with van der Waals surface area (Å²) in [6.07, 6.45) is 3.83. The van der Waals surface area contributed by atoms with Crippen molar-refractivity contribution in [3.05, 3.63) is 35.9 Å². The largest absolute Gasteiger partial charge is 0.352 e. The molecule has 86 valence electrons. The summed E-state index contributed by atoms with van der Waals surface area (Å²) in [4.78, 5) is 11.8. The van der Waals surface area contributed by atoms with Gasteiger partial charge in [-0.05, 0) is 36.8 Å². The lowest BCUT2D eigenvalue weighted by Crippen LogP contribution is -2.28. The van der Waals surface area contributed by atoms with E-state index in [9.17, 15) is 4.79 Å². The Morgan fingerprint density at radius 2 is 2.06 bits per heavy atom. The minimum absolute atomic E-state index is 0.0557. The molecule has 0 bridgehead atoms. The third-order valence-electron chi connectivity index (χ3n) is 3.39. The molecule has 1 saturated carbocycles. The lowest BCUT2D eigenvalue weighted by atomic mass is 10.1. The van der Waals surface area contributed by atoms with Gasteiger partial charge in [0.15, 0.2) is 0 Å². The van der Waals surface area contributed by atoms with Gasteiger partial charge in [-0.25, -0.2) is 0 Å². The first kappa shape index (κ1) is 11.2. The van der Waals surface area contributed by atoms with E-state index < -0.39 is 0 Å². The van der Waals surface area contributed by atoms with E-state index in [0.717, 1.165) is 18.0 Å². The van der Waals surface area contributed by atoms with Gasteiger partial charge < -0.3 is 5.32 Å². The second-order valence-electron chi connectivity index (χ2n) is 4.86. The van der Waals surface area contributed by atoms with Crippen LogP contribution in [0.2, 0.25) is 0 Å². The van der Waals surface area contributed by atoms with Gasteiger partial charge in [-0.1, -0.05) is 31.5 Å². The molecule has 2 unspecified atom stereocenters. The van der Waals surface area contributed by atoms with Crippen LogP contribution in [-0.2, 0) is 0 Å². The fourth-order valence-electron chi connectivity index (χ4n) is 2.44. The van der Waals surface area contributed by atoms with Crippen molar-refractivity contribution in [3.63, 3.8) is 0 Å². The van der Waals surface area contributed by atoms with E-state index in [0.29, 0.717) is 5.92 Å². The highest BCUT2D eigenvalue weighted by molar-refractivity contribution is 5.94. The molecule has 0 heterocycles. The zero-order valence-corrected chi connectivity index (χ0v) is 9.78. The fourth-order valence-corrected chi connectivity index (χ4v) is 2.44. The topological polar surface area (TPSA) is 29.1 Å². The number of amides is 1. The van der Waals surface area contributed by atoms with E-state index in [2.05, 4.69) is 12.2 Å². The average Bonchev–Trinajstić information content (AvgIpc) is 2.73. The molecule has 1 fully saturated rings. The van der Waals surface area contributed by atoms with Crippen LogP contribution in [0.4, 0.5) is 0 Å². The van der Waals surface area contributed by atoms with Crippen LogP contribution in [0.25, 0.3) is 0 Å². The van der Waals surface area contributed by atoms with Crippen molar-refractivity contribution in [2.24, 2.45) is 11.8 Å². The van der Waals surface area contributed by atoms with Gasteiger partial charge in [-0.2, -0.15) is 0 Å². The van der Waals surface area contributed by atoms with Crippen molar-refractivity contribution in [3.8, 4) is 0 Å².